The zero-order chi connectivity index (χ0) is 15.0. The zero-order valence-electron chi connectivity index (χ0n) is 12.9. The molecule has 0 heterocycles. The molecule has 20 heavy (non-hydrogen) atoms. The fraction of sp³-hybridized carbons (Fsp3) is 0.562. The number of nitrogens with one attached hydrogen (secondary N) is 2. The van der Waals surface area contributed by atoms with Crippen LogP contribution in [0.2, 0.25) is 0 Å². The van der Waals surface area contributed by atoms with Gasteiger partial charge in [0, 0.05) is 23.5 Å². The molecule has 1 atom stereocenters. The fourth-order valence-electron chi connectivity index (χ4n) is 1.59. The van der Waals surface area contributed by atoms with Gasteiger partial charge in [-0.15, -0.1) is 11.8 Å². The van der Waals surface area contributed by atoms with Crippen LogP contribution in [0.1, 0.15) is 39.7 Å². The minimum atomic E-state index is 0.106. The third kappa shape index (κ3) is 6.96. The van der Waals surface area contributed by atoms with Crippen LogP contribution in [0.3, 0.4) is 0 Å². The molecule has 2 N–H and O–H groups in total. The first-order valence-corrected chi connectivity index (χ1v) is 8.24. The maximum absolute atomic E-state index is 11.7. The summed E-state index contributed by atoms with van der Waals surface area (Å²) in [6.45, 7) is 9.26. The maximum atomic E-state index is 11.7. The van der Waals surface area contributed by atoms with Crippen LogP contribution < -0.4 is 10.6 Å². The summed E-state index contributed by atoms with van der Waals surface area (Å²) in [5.41, 5.74) is 1.27. The number of hydrogen-bond acceptors (Lipinski definition) is 3. The molecule has 0 bridgehead atoms. The first kappa shape index (κ1) is 17.1. The molecule has 0 saturated carbocycles. The van der Waals surface area contributed by atoms with Crippen LogP contribution in [-0.4, -0.2) is 23.7 Å². The summed E-state index contributed by atoms with van der Waals surface area (Å²) in [7, 11) is 0. The summed E-state index contributed by atoms with van der Waals surface area (Å²) in [6, 6.07) is 9.15. The van der Waals surface area contributed by atoms with Gasteiger partial charge in [-0.2, -0.15) is 0 Å². The largest absolute Gasteiger partial charge is 0.353 e. The van der Waals surface area contributed by atoms with Crippen LogP contribution in [0.25, 0.3) is 0 Å². The second-order valence-electron chi connectivity index (χ2n) is 5.35. The topological polar surface area (TPSA) is 41.1 Å². The van der Waals surface area contributed by atoms with E-state index in [0.717, 1.165) is 17.9 Å². The molecule has 0 aliphatic carbocycles. The number of carbonyl (C=O) groups excluding carboxylic acids is 1. The molecule has 0 aromatic heterocycles. The van der Waals surface area contributed by atoms with Crippen LogP contribution in [0.5, 0.6) is 0 Å². The van der Waals surface area contributed by atoms with Crippen LogP contribution in [0, 0.1) is 0 Å². The summed E-state index contributed by atoms with van der Waals surface area (Å²) < 4.78 is 0. The number of amides is 1. The van der Waals surface area contributed by atoms with Crippen molar-refractivity contribution in [3.8, 4) is 0 Å². The summed E-state index contributed by atoms with van der Waals surface area (Å²) >= 11 is 1.58. The molecule has 0 saturated heterocycles. The number of carbonyl (C=O) groups is 1. The quantitative estimate of drug-likeness (QED) is 0.724. The number of thioether (sulfide) groups is 1. The normalized spacial score (nSPS) is 12.4. The summed E-state index contributed by atoms with van der Waals surface area (Å²) in [4.78, 5) is 12.8. The molecule has 112 valence electrons. The SMILES string of the molecule is CCC(C)NC(=O)CSc1ccc(CNC(C)C)cc1. The lowest BCUT2D eigenvalue weighted by Gasteiger charge is -2.11. The monoisotopic (exact) mass is 294 g/mol. The Morgan fingerprint density at radius 2 is 1.85 bits per heavy atom. The predicted octanol–water partition coefficient (Wildman–Crippen LogP) is 3.19. The molecule has 0 fully saturated rings. The van der Waals surface area contributed by atoms with Crippen molar-refractivity contribution >= 4 is 17.7 Å². The molecule has 1 unspecified atom stereocenters. The molecule has 1 aromatic carbocycles. The van der Waals surface area contributed by atoms with Gasteiger partial charge >= 0.3 is 0 Å². The van der Waals surface area contributed by atoms with E-state index in [4.69, 9.17) is 0 Å². The number of rotatable bonds is 8. The van der Waals surface area contributed by atoms with Gasteiger partial charge in [0.2, 0.25) is 5.91 Å². The lowest BCUT2D eigenvalue weighted by molar-refractivity contribution is -0.119. The minimum absolute atomic E-state index is 0.106. The third-order valence-electron chi connectivity index (χ3n) is 3.03. The first-order valence-electron chi connectivity index (χ1n) is 7.25. The fourth-order valence-corrected chi connectivity index (χ4v) is 2.30. The highest BCUT2D eigenvalue weighted by Crippen LogP contribution is 2.18. The van der Waals surface area contributed by atoms with Crippen molar-refractivity contribution in [2.45, 2.75) is 57.6 Å². The third-order valence-corrected chi connectivity index (χ3v) is 4.04. The van der Waals surface area contributed by atoms with Gasteiger partial charge in [-0.25, -0.2) is 0 Å². The maximum Gasteiger partial charge on any atom is 0.230 e. The Balaban J connectivity index is 2.36. The average molecular weight is 294 g/mol. The molecule has 0 radical (unpaired) electrons. The summed E-state index contributed by atoms with van der Waals surface area (Å²) in [5, 5.41) is 6.36. The Kier molecular flexibility index (Phi) is 7.70. The van der Waals surface area contributed by atoms with E-state index in [2.05, 4.69) is 55.7 Å². The average Bonchev–Trinajstić information content (AvgIpc) is 2.43. The number of benzene rings is 1. The van der Waals surface area contributed by atoms with Gasteiger partial charge in [0.1, 0.15) is 0 Å². The van der Waals surface area contributed by atoms with Crippen molar-refractivity contribution in [2.24, 2.45) is 0 Å². The van der Waals surface area contributed by atoms with E-state index in [0.29, 0.717) is 11.8 Å². The Bertz CT molecular complexity index is 403. The van der Waals surface area contributed by atoms with Crippen molar-refractivity contribution < 1.29 is 4.79 Å². The molecule has 1 aromatic rings. The zero-order valence-corrected chi connectivity index (χ0v) is 13.7. The van der Waals surface area contributed by atoms with Crippen molar-refractivity contribution in [1.29, 1.82) is 0 Å². The van der Waals surface area contributed by atoms with Crippen LogP contribution >= 0.6 is 11.8 Å². The highest BCUT2D eigenvalue weighted by Gasteiger charge is 2.06. The van der Waals surface area contributed by atoms with Crippen LogP contribution in [0.4, 0.5) is 0 Å². The standard InChI is InChI=1S/C16H26N2OS/c1-5-13(4)18-16(19)11-20-15-8-6-14(7-9-15)10-17-12(2)3/h6-9,12-13,17H,5,10-11H2,1-4H3,(H,18,19). The van der Waals surface area contributed by atoms with Gasteiger partial charge < -0.3 is 10.6 Å². The second kappa shape index (κ2) is 9.03. The highest BCUT2D eigenvalue weighted by molar-refractivity contribution is 8.00. The molecule has 1 amide bonds. The molecular weight excluding hydrogens is 268 g/mol. The Hall–Kier alpha value is -1.00. The van der Waals surface area contributed by atoms with Gasteiger partial charge in [0.15, 0.2) is 0 Å². The molecule has 3 nitrogen and oxygen atoms in total. The molecule has 0 spiro atoms. The predicted molar refractivity (Wildman–Crippen MR) is 87.0 cm³/mol. The first-order chi connectivity index (χ1) is 9.51. The van der Waals surface area contributed by atoms with Crippen LogP contribution in [0.15, 0.2) is 29.2 Å². The molecule has 4 heteroatoms. The van der Waals surface area contributed by atoms with E-state index >= 15 is 0 Å². The molecular formula is C16H26N2OS. The smallest absolute Gasteiger partial charge is 0.230 e. The Morgan fingerprint density at radius 3 is 2.40 bits per heavy atom. The van der Waals surface area contributed by atoms with E-state index in [1.165, 1.54) is 5.56 Å². The van der Waals surface area contributed by atoms with Crippen molar-refractivity contribution in [3.05, 3.63) is 29.8 Å². The van der Waals surface area contributed by atoms with E-state index in [-0.39, 0.29) is 11.9 Å². The summed E-state index contributed by atoms with van der Waals surface area (Å²) in [5.74, 6) is 0.586. The van der Waals surface area contributed by atoms with E-state index in [1.807, 2.05) is 6.92 Å². The highest BCUT2D eigenvalue weighted by atomic mass is 32.2. The second-order valence-corrected chi connectivity index (χ2v) is 6.39. The van der Waals surface area contributed by atoms with Gasteiger partial charge in [-0.05, 0) is 31.0 Å². The van der Waals surface area contributed by atoms with Crippen LogP contribution in [-0.2, 0) is 11.3 Å². The van der Waals surface area contributed by atoms with E-state index < -0.39 is 0 Å². The summed E-state index contributed by atoms with van der Waals surface area (Å²) in [6.07, 6.45) is 0.966. The van der Waals surface area contributed by atoms with E-state index in [9.17, 15) is 4.79 Å². The number of hydrogen-bond donors (Lipinski definition) is 2. The van der Waals surface area contributed by atoms with Gasteiger partial charge in [0.25, 0.3) is 0 Å². The molecule has 0 aliphatic heterocycles. The molecule has 1 rings (SSSR count). The van der Waals surface area contributed by atoms with Gasteiger partial charge in [-0.3, -0.25) is 4.79 Å². The lowest BCUT2D eigenvalue weighted by atomic mass is 10.2. The lowest BCUT2D eigenvalue weighted by Crippen LogP contribution is -2.33. The van der Waals surface area contributed by atoms with E-state index in [1.54, 1.807) is 11.8 Å². The van der Waals surface area contributed by atoms with Crippen molar-refractivity contribution in [2.75, 3.05) is 5.75 Å². The Morgan fingerprint density at radius 1 is 1.20 bits per heavy atom. The van der Waals surface area contributed by atoms with Crippen molar-refractivity contribution in [1.82, 2.24) is 10.6 Å². The van der Waals surface area contributed by atoms with Gasteiger partial charge in [-0.1, -0.05) is 32.9 Å². The Labute approximate surface area is 126 Å². The van der Waals surface area contributed by atoms with Gasteiger partial charge in [0.05, 0.1) is 5.75 Å². The minimum Gasteiger partial charge on any atom is -0.353 e. The molecule has 0 aliphatic rings. The van der Waals surface area contributed by atoms with Crippen molar-refractivity contribution in [3.63, 3.8) is 0 Å².